The van der Waals surface area contributed by atoms with Gasteiger partial charge in [0.05, 0.1) is 12.7 Å². The second-order valence-corrected chi connectivity index (χ2v) is 8.25. The van der Waals surface area contributed by atoms with Gasteiger partial charge in [0.2, 0.25) is 0 Å². The number of ether oxygens (including phenoxy) is 2. The summed E-state index contributed by atoms with van der Waals surface area (Å²) in [5.41, 5.74) is 4.07. The number of aromatic carboxylic acids is 1. The second kappa shape index (κ2) is 10.9. The molecule has 3 aromatic carbocycles. The highest BCUT2D eigenvalue weighted by molar-refractivity contribution is 9.10. The molecule has 0 atom stereocenters. The summed E-state index contributed by atoms with van der Waals surface area (Å²) < 4.78 is 12.1. The highest BCUT2D eigenvalue weighted by atomic mass is 79.9. The summed E-state index contributed by atoms with van der Waals surface area (Å²) in [5.74, 6) is -0.383. The van der Waals surface area contributed by atoms with E-state index < -0.39 is 5.97 Å². The first-order chi connectivity index (χ1) is 15.8. The van der Waals surface area contributed by atoms with Crippen molar-refractivity contribution < 1.29 is 24.2 Å². The molecule has 1 amide bonds. The fraction of sp³-hybridized carbons (Fsp3) is 0.200. The number of amides is 1. The Labute approximate surface area is 200 Å². The molecule has 0 aliphatic rings. The summed E-state index contributed by atoms with van der Waals surface area (Å²) in [6.07, 6.45) is 0. The van der Waals surface area contributed by atoms with Gasteiger partial charge in [-0.05, 0) is 55.8 Å². The van der Waals surface area contributed by atoms with Gasteiger partial charge in [0.15, 0.2) is 18.1 Å². The van der Waals surface area contributed by atoms with Crippen LogP contribution < -0.4 is 20.1 Å². The number of hydrogen-bond donors (Lipinski definition) is 3. The molecular weight excluding hydrogens is 488 g/mol. The third-order valence-corrected chi connectivity index (χ3v) is 5.83. The number of carboxylic acid groups (broad SMARTS) is 1. The number of hydrogen-bond acceptors (Lipinski definition) is 5. The minimum atomic E-state index is -0.984. The lowest BCUT2D eigenvalue weighted by Gasteiger charge is -2.18. The molecule has 0 aliphatic carbocycles. The molecule has 0 aromatic heterocycles. The van der Waals surface area contributed by atoms with Crippen LogP contribution in [0.1, 0.15) is 27.0 Å². The highest BCUT2D eigenvalue weighted by Crippen LogP contribution is 2.37. The Morgan fingerprint density at radius 1 is 1.03 bits per heavy atom. The van der Waals surface area contributed by atoms with Gasteiger partial charge in [0, 0.05) is 28.0 Å². The number of anilines is 2. The van der Waals surface area contributed by atoms with Gasteiger partial charge in [-0.25, -0.2) is 4.79 Å². The lowest BCUT2D eigenvalue weighted by Crippen LogP contribution is -2.21. The number of aryl methyl sites for hydroxylation is 1. The van der Waals surface area contributed by atoms with Crippen LogP contribution in [0.25, 0.3) is 0 Å². The van der Waals surface area contributed by atoms with Gasteiger partial charge < -0.3 is 25.2 Å². The Balaban J connectivity index is 1.77. The van der Waals surface area contributed by atoms with E-state index in [1.54, 1.807) is 25.1 Å². The van der Waals surface area contributed by atoms with Crippen LogP contribution in [0.15, 0.2) is 59.1 Å². The minimum Gasteiger partial charge on any atom is -0.493 e. The van der Waals surface area contributed by atoms with Gasteiger partial charge in [-0.15, -0.1) is 0 Å². The van der Waals surface area contributed by atoms with Gasteiger partial charge in [-0.1, -0.05) is 39.7 Å². The predicted molar refractivity (Wildman–Crippen MR) is 131 cm³/mol. The quantitative estimate of drug-likeness (QED) is 0.355. The molecule has 0 radical (unpaired) electrons. The fourth-order valence-electron chi connectivity index (χ4n) is 3.28. The van der Waals surface area contributed by atoms with E-state index in [1.165, 1.54) is 7.11 Å². The van der Waals surface area contributed by atoms with Crippen molar-refractivity contribution in [3.63, 3.8) is 0 Å². The van der Waals surface area contributed by atoms with Gasteiger partial charge >= 0.3 is 5.97 Å². The summed E-state index contributed by atoms with van der Waals surface area (Å²) in [7, 11) is 1.53. The maximum atomic E-state index is 12.4. The average molecular weight is 513 g/mol. The molecule has 0 bridgehead atoms. The van der Waals surface area contributed by atoms with Crippen LogP contribution in [0.5, 0.6) is 11.5 Å². The van der Waals surface area contributed by atoms with Gasteiger partial charge in [-0.2, -0.15) is 0 Å². The van der Waals surface area contributed by atoms with Crippen LogP contribution in [0.3, 0.4) is 0 Å². The first-order valence-corrected chi connectivity index (χ1v) is 11.0. The fourth-order valence-corrected chi connectivity index (χ4v) is 3.73. The molecule has 3 aromatic rings. The van der Waals surface area contributed by atoms with E-state index in [9.17, 15) is 14.7 Å². The highest BCUT2D eigenvalue weighted by Gasteiger charge is 2.17. The molecule has 0 aliphatic heterocycles. The van der Waals surface area contributed by atoms with E-state index in [0.29, 0.717) is 35.0 Å². The predicted octanol–water partition coefficient (Wildman–Crippen LogP) is 5.40. The Morgan fingerprint density at radius 2 is 1.76 bits per heavy atom. The maximum absolute atomic E-state index is 12.4. The Morgan fingerprint density at radius 3 is 2.42 bits per heavy atom. The van der Waals surface area contributed by atoms with E-state index in [0.717, 1.165) is 15.6 Å². The van der Waals surface area contributed by atoms with Crippen LogP contribution in [0, 0.1) is 13.8 Å². The summed E-state index contributed by atoms with van der Waals surface area (Å²) in [5, 5.41) is 15.4. The number of carbonyl (C=O) groups excluding carboxylic acids is 1. The third kappa shape index (κ3) is 6.04. The zero-order valence-electron chi connectivity index (χ0n) is 18.6. The first-order valence-electron chi connectivity index (χ1n) is 10.2. The normalized spacial score (nSPS) is 10.4. The number of rotatable bonds is 9. The monoisotopic (exact) mass is 512 g/mol. The van der Waals surface area contributed by atoms with Crippen molar-refractivity contribution in [2.24, 2.45) is 0 Å². The van der Waals surface area contributed by atoms with Crippen LogP contribution in [-0.2, 0) is 11.3 Å². The maximum Gasteiger partial charge on any atom is 0.336 e. The largest absolute Gasteiger partial charge is 0.493 e. The minimum absolute atomic E-state index is 0.207. The topological polar surface area (TPSA) is 96.9 Å². The van der Waals surface area contributed by atoms with Crippen molar-refractivity contribution in [3.8, 4) is 11.5 Å². The van der Waals surface area contributed by atoms with Gasteiger partial charge in [0.25, 0.3) is 5.91 Å². The number of nitrogens with one attached hydrogen (secondary N) is 2. The standard InChI is InChI=1S/C25H25BrN2O5/c1-15-7-9-17(10-8-15)28-23(29)14-33-24-19(20(26)11-12-22(24)32-3)13-27-21-6-4-5-18(16(21)2)25(30)31/h4-12,27H,13-14H2,1-3H3,(H,28,29)(H,30,31). The van der Waals surface area contributed by atoms with Crippen molar-refractivity contribution in [3.05, 3.63) is 81.3 Å². The van der Waals surface area contributed by atoms with Crippen LogP contribution >= 0.6 is 15.9 Å². The van der Waals surface area contributed by atoms with Crippen molar-refractivity contribution in [2.75, 3.05) is 24.4 Å². The Bertz CT molecular complexity index is 1160. The molecule has 3 N–H and O–H groups in total. The molecule has 0 fully saturated rings. The molecule has 7 nitrogen and oxygen atoms in total. The van der Waals surface area contributed by atoms with Gasteiger partial charge in [-0.3, -0.25) is 4.79 Å². The average Bonchev–Trinajstić information content (AvgIpc) is 2.79. The first kappa shape index (κ1) is 24.1. The summed E-state index contributed by atoms with van der Waals surface area (Å²) >= 11 is 3.54. The van der Waals surface area contributed by atoms with Gasteiger partial charge in [0.1, 0.15) is 0 Å². The van der Waals surface area contributed by atoms with Crippen LogP contribution in [-0.4, -0.2) is 30.7 Å². The van der Waals surface area contributed by atoms with Crippen LogP contribution in [0.2, 0.25) is 0 Å². The zero-order valence-corrected chi connectivity index (χ0v) is 20.2. The van der Waals surface area contributed by atoms with Crippen molar-refractivity contribution in [2.45, 2.75) is 20.4 Å². The summed E-state index contributed by atoms with van der Waals surface area (Å²) in [6, 6.07) is 16.1. The molecule has 0 unspecified atom stereocenters. The smallest absolute Gasteiger partial charge is 0.336 e. The number of carbonyl (C=O) groups is 2. The number of methoxy groups -OCH3 is 1. The van der Waals surface area contributed by atoms with Crippen molar-refractivity contribution in [1.82, 2.24) is 0 Å². The van der Waals surface area contributed by atoms with E-state index in [-0.39, 0.29) is 18.1 Å². The van der Waals surface area contributed by atoms with Crippen LogP contribution in [0.4, 0.5) is 11.4 Å². The lowest BCUT2D eigenvalue weighted by molar-refractivity contribution is -0.118. The summed E-state index contributed by atoms with van der Waals surface area (Å²) in [6.45, 7) is 3.83. The van der Waals surface area contributed by atoms with E-state index in [1.807, 2.05) is 43.3 Å². The molecule has 0 saturated heterocycles. The molecule has 0 saturated carbocycles. The van der Waals surface area contributed by atoms with Crippen molar-refractivity contribution >= 4 is 39.2 Å². The van der Waals surface area contributed by atoms with E-state index in [2.05, 4.69) is 26.6 Å². The molecule has 172 valence electrons. The third-order valence-electron chi connectivity index (χ3n) is 5.09. The molecule has 0 heterocycles. The Kier molecular flexibility index (Phi) is 7.95. The van der Waals surface area contributed by atoms with E-state index in [4.69, 9.17) is 9.47 Å². The van der Waals surface area contributed by atoms with Crippen molar-refractivity contribution in [1.29, 1.82) is 0 Å². The number of carboxylic acids is 1. The molecule has 3 rings (SSSR count). The molecule has 8 heteroatoms. The SMILES string of the molecule is COc1ccc(Br)c(CNc2cccc(C(=O)O)c2C)c1OCC(=O)Nc1ccc(C)cc1. The number of benzene rings is 3. The summed E-state index contributed by atoms with van der Waals surface area (Å²) in [4.78, 5) is 23.9. The molecular formula is C25H25BrN2O5. The van der Waals surface area contributed by atoms with E-state index >= 15 is 0 Å². The number of halogens is 1. The Hall–Kier alpha value is -3.52. The lowest BCUT2D eigenvalue weighted by atomic mass is 10.1. The molecule has 33 heavy (non-hydrogen) atoms. The zero-order chi connectivity index (χ0) is 24.0. The molecule has 0 spiro atoms. The second-order valence-electron chi connectivity index (χ2n) is 7.40.